The number of hydrogen-bond donors (Lipinski definition) is 1. The Morgan fingerprint density at radius 1 is 1.31 bits per heavy atom. The van der Waals surface area contributed by atoms with Gasteiger partial charge < -0.3 is 5.32 Å². The molecule has 0 atom stereocenters. The van der Waals surface area contributed by atoms with E-state index < -0.39 is 0 Å². The van der Waals surface area contributed by atoms with E-state index in [-0.39, 0.29) is 11.4 Å². The molecule has 0 unspecified atom stereocenters. The van der Waals surface area contributed by atoms with Crippen LogP contribution in [0.1, 0.15) is 38.5 Å². The van der Waals surface area contributed by atoms with Crippen molar-refractivity contribution in [3.8, 4) is 0 Å². The average Bonchev–Trinajstić information content (AvgIpc) is 2.79. The van der Waals surface area contributed by atoms with Crippen molar-refractivity contribution in [3.63, 3.8) is 0 Å². The molecule has 0 radical (unpaired) electrons. The van der Waals surface area contributed by atoms with Crippen molar-refractivity contribution in [3.05, 3.63) is 0 Å². The zero-order valence-corrected chi connectivity index (χ0v) is 7.68. The van der Waals surface area contributed by atoms with Crippen LogP contribution >= 0.6 is 0 Å². The van der Waals surface area contributed by atoms with Crippen LogP contribution in [0.15, 0.2) is 4.99 Å². The lowest BCUT2D eigenvalue weighted by molar-refractivity contribution is -0.123. The average molecular weight is 178 g/mol. The molecule has 1 spiro atoms. The maximum Gasteiger partial charge on any atom is 0.253 e. The fraction of sp³-hybridized carbons (Fsp3) is 0.800. The summed E-state index contributed by atoms with van der Waals surface area (Å²) in [5.41, 5.74) is -0.322. The number of carbonyl (C=O) groups excluding carboxylic acids is 1. The number of aliphatic imine (C=N–C) groups is 1. The molecule has 2 fully saturated rings. The van der Waals surface area contributed by atoms with Crippen molar-refractivity contribution in [1.82, 2.24) is 5.32 Å². The number of nitrogens with zero attached hydrogens (tertiary/aromatic N) is 1. The molecule has 13 heavy (non-hydrogen) atoms. The Labute approximate surface area is 77.6 Å². The molecule has 1 heterocycles. The van der Waals surface area contributed by atoms with E-state index in [2.05, 4.69) is 10.3 Å². The molecule has 70 valence electrons. The van der Waals surface area contributed by atoms with Gasteiger partial charge in [0.2, 0.25) is 0 Å². The third-order valence-corrected chi connectivity index (χ3v) is 3.39. The maximum absolute atomic E-state index is 11.7. The van der Waals surface area contributed by atoms with Crippen molar-refractivity contribution in [1.29, 1.82) is 0 Å². The minimum atomic E-state index is -0.322. The topological polar surface area (TPSA) is 41.5 Å². The van der Waals surface area contributed by atoms with Gasteiger partial charge in [-0.05, 0) is 25.7 Å². The monoisotopic (exact) mass is 178 g/mol. The van der Waals surface area contributed by atoms with E-state index in [0.29, 0.717) is 5.92 Å². The van der Waals surface area contributed by atoms with E-state index in [1.165, 1.54) is 12.8 Å². The van der Waals surface area contributed by atoms with Gasteiger partial charge >= 0.3 is 0 Å². The number of carbonyl (C=O) groups is 1. The summed E-state index contributed by atoms with van der Waals surface area (Å²) in [5.74, 6) is 1.75. The first kappa shape index (κ1) is 7.54. The lowest BCUT2D eigenvalue weighted by atomic mass is 9.99. The SMILES string of the molecule is O=C1NC(C2CC2)=NC12CCCC2. The van der Waals surface area contributed by atoms with Crippen LogP contribution in [0.3, 0.4) is 0 Å². The smallest absolute Gasteiger partial charge is 0.253 e. The first-order valence-electron chi connectivity index (χ1n) is 5.21. The molecule has 2 saturated carbocycles. The standard InChI is InChI=1S/C10H14N2O/c13-9-10(5-1-2-6-10)12-8(11-9)7-3-4-7/h7H,1-6H2,(H,11,12,13). The molecular formula is C10H14N2O. The van der Waals surface area contributed by atoms with Crippen molar-refractivity contribution in [2.45, 2.75) is 44.1 Å². The summed E-state index contributed by atoms with van der Waals surface area (Å²) >= 11 is 0. The van der Waals surface area contributed by atoms with Gasteiger partial charge in [-0.25, -0.2) is 0 Å². The van der Waals surface area contributed by atoms with Gasteiger partial charge in [-0.15, -0.1) is 0 Å². The molecule has 1 aliphatic heterocycles. The fourth-order valence-corrected chi connectivity index (χ4v) is 2.39. The van der Waals surface area contributed by atoms with E-state index >= 15 is 0 Å². The lowest BCUT2D eigenvalue weighted by Crippen LogP contribution is -2.37. The second-order valence-corrected chi connectivity index (χ2v) is 4.46. The van der Waals surface area contributed by atoms with Gasteiger partial charge in [-0.3, -0.25) is 9.79 Å². The molecule has 3 rings (SSSR count). The Morgan fingerprint density at radius 2 is 2.00 bits per heavy atom. The van der Waals surface area contributed by atoms with E-state index in [0.717, 1.165) is 31.5 Å². The minimum absolute atomic E-state index is 0.173. The summed E-state index contributed by atoms with van der Waals surface area (Å²) in [7, 11) is 0. The zero-order valence-electron chi connectivity index (χ0n) is 7.68. The molecule has 1 N–H and O–H groups in total. The molecule has 2 aliphatic carbocycles. The summed E-state index contributed by atoms with van der Waals surface area (Å²) in [5, 5.41) is 2.96. The number of amides is 1. The van der Waals surface area contributed by atoms with Crippen LogP contribution in [-0.2, 0) is 4.79 Å². The number of amidine groups is 1. The fourth-order valence-electron chi connectivity index (χ4n) is 2.39. The van der Waals surface area contributed by atoms with Gasteiger partial charge in [0.05, 0.1) is 0 Å². The number of rotatable bonds is 1. The highest BCUT2D eigenvalue weighted by atomic mass is 16.2. The molecule has 1 amide bonds. The minimum Gasteiger partial charge on any atom is -0.312 e. The summed E-state index contributed by atoms with van der Waals surface area (Å²) in [4.78, 5) is 16.3. The van der Waals surface area contributed by atoms with Gasteiger partial charge in [0.1, 0.15) is 11.4 Å². The van der Waals surface area contributed by atoms with Crippen LogP contribution in [0.4, 0.5) is 0 Å². The molecule has 0 bridgehead atoms. The first-order chi connectivity index (χ1) is 6.30. The summed E-state index contributed by atoms with van der Waals surface area (Å²) in [6.45, 7) is 0. The van der Waals surface area contributed by atoms with Gasteiger partial charge in [0.25, 0.3) is 5.91 Å². The summed E-state index contributed by atoms with van der Waals surface area (Å²) < 4.78 is 0. The van der Waals surface area contributed by atoms with Crippen LogP contribution in [0, 0.1) is 5.92 Å². The molecule has 3 nitrogen and oxygen atoms in total. The Hall–Kier alpha value is -0.860. The molecule has 3 heteroatoms. The predicted octanol–water partition coefficient (Wildman–Crippen LogP) is 1.24. The van der Waals surface area contributed by atoms with Crippen molar-refractivity contribution in [2.24, 2.45) is 10.9 Å². The van der Waals surface area contributed by atoms with Gasteiger partial charge in [-0.1, -0.05) is 12.8 Å². The zero-order chi connectivity index (χ0) is 8.89. The predicted molar refractivity (Wildman–Crippen MR) is 49.5 cm³/mol. The molecule has 0 aromatic rings. The van der Waals surface area contributed by atoms with Gasteiger partial charge in [0, 0.05) is 5.92 Å². The first-order valence-corrected chi connectivity index (χ1v) is 5.21. The largest absolute Gasteiger partial charge is 0.312 e. The quantitative estimate of drug-likeness (QED) is 0.644. The number of nitrogens with one attached hydrogen (secondary N) is 1. The van der Waals surface area contributed by atoms with Crippen molar-refractivity contribution < 1.29 is 4.79 Å². The Bertz CT molecular complexity index is 285. The van der Waals surface area contributed by atoms with Crippen LogP contribution in [0.2, 0.25) is 0 Å². The second kappa shape index (κ2) is 2.34. The summed E-state index contributed by atoms with van der Waals surface area (Å²) in [6, 6.07) is 0. The van der Waals surface area contributed by atoms with E-state index in [4.69, 9.17) is 0 Å². The van der Waals surface area contributed by atoms with Crippen LogP contribution in [0.25, 0.3) is 0 Å². The van der Waals surface area contributed by atoms with Gasteiger partial charge in [0.15, 0.2) is 0 Å². The Morgan fingerprint density at radius 3 is 2.62 bits per heavy atom. The normalized spacial score (nSPS) is 30.8. The highest BCUT2D eigenvalue weighted by Crippen LogP contribution is 2.40. The third kappa shape index (κ3) is 1.02. The Balaban J connectivity index is 1.90. The summed E-state index contributed by atoms with van der Waals surface area (Å²) in [6.07, 6.45) is 6.69. The second-order valence-electron chi connectivity index (χ2n) is 4.46. The van der Waals surface area contributed by atoms with Crippen molar-refractivity contribution in [2.75, 3.05) is 0 Å². The molecule has 3 aliphatic rings. The van der Waals surface area contributed by atoms with Crippen LogP contribution in [-0.4, -0.2) is 17.3 Å². The molecule has 0 saturated heterocycles. The Kier molecular flexibility index (Phi) is 1.35. The van der Waals surface area contributed by atoms with Crippen molar-refractivity contribution >= 4 is 11.7 Å². The third-order valence-electron chi connectivity index (χ3n) is 3.39. The molecule has 0 aromatic carbocycles. The highest BCUT2D eigenvalue weighted by Gasteiger charge is 2.47. The van der Waals surface area contributed by atoms with E-state index in [1.54, 1.807) is 0 Å². The highest BCUT2D eigenvalue weighted by molar-refractivity contribution is 6.09. The van der Waals surface area contributed by atoms with Gasteiger partial charge in [-0.2, -0.15) is 0 Å². The maximum atomic E-state index is 11.7. The van der Waals surface area contributed by atoms with Crippen LogP contribution < -0.4 is 5.32 Å². The molecule has 0 aromatic heterocycles. The molecular weight excluding hydrogens is 164 g/mol. The van der Waals surface area contributed by atoms with Crippen LogP contribution in [0.5, 0.6) is 0 Å². The van der Waals surface area contributed by atoms with E-state index in [9.17, 15) is 4.79 Å². The lowest BCUT2D eigenvalue weighted by Gasteiger charge is -2.14. The van der Waals surface area contributed by atoms with E-state index in [1.807, 2.05) is 0 Å². The number of hydrogen-bond acceptors (Lipinski definition) is 2.